The maximum absolute atomic E-state index is 13.1. The van der Waals surface area contributed by atoms with Crippen LogP contribution in [0, 0.1) is 5.41 Å². The fourth-order valence-electron chi connectivity index (χ4n) is 4.51. The quantitative estimate of drug-likeness (QED) is 0.191. The Morgan fingerprint density at radius 3 is 2.02 bits per heavy atom. The summed E-state index contributed by atoms with van der Waals surface area (Å²) in [5.41, 5.74) is 2.48. The van der Waals surface area contributed by atoms with E-state index >= 15 is 0 Å². The molecule has 1 atom stereocenters. The van der Waals surface area contributed by atoms with Crippen molar-refractivity contribution in [3.05, 3.63) is 126 Å². The third-order valence-electron chi connectivity index (χ3n) is 6.74. The second kappa shape index (κ2) is 13.6. The van der Waals surface area contributed by atoms with E-state index in [1.54, 1.807) is 65.6 Å². The molecule has 0 fully saturated rings. The molecule has 7 heteroatoms. The minimum atomic E-state index is -1.03. The molecular weight excluding hydrogens is 528 g/mol. The lowest BCUT2D eigenvalue weighted by Crippen LogP contribution is -2.41. The molecule has 216 valence electrons. The molecule has 42 heavy (non-hydrogen) atoms. The molecule has 0 heterocycles. The van der Waals surface area contributed by atoms with E-state index in [-0.39, 0.29) is 18.1 Å². The Kier molecular flexibility index (Phi) is 9.76. The van der Waals surface area contributed by atoms with E-state index in [0.29, 0.717) is 35.7 Å². The Bertz CT molecular complexity index is 1500. The number of carbonyl (C=O) groups excluding carboxylic acids is 2. The number of rotatable bonds is 12. The second-order valence-electron chi connectivity index (χ2n) is 11.0. The van der Waals surface area contributed by atoms with Gasteiger partial charge in [-0.2, -0.15) is 0 Å². The largest absolute Gasteiger partial charge is 0.492 e. The summed E-state index contributed by atoms with van der Waals surface area (Å²) in [6.45, 7) is 6.35. The summed E-state index contributed by atoms with van der Waals surface area (Å²) in [5.74, 6) is -0.582. The monoisotopic (exact) mass is 564 g/mol. The number of nitrogens with zero attached hydrogens (tertiary/aromatic N) is 1. The van der Waals surface area contributed by atoms with Crippen molar-refractivity contribution in [2.75, 3.05) is 23.4 Å². The summed E-state index contributed by atoms with van der Waals surface area (Å²) < 4.78 is 5.94. The molecule has 2 N–H and O–H groups in total. The number of carbonyl (C=O) groups is 3. The van der Waals surface area contributed by atoms with E-state index in [9.17, 15) is 19.5 Å². The number of hydrogen-bond donors (Lipinski definition) is 2. The van der Waals surface area contributed by atoms with Crippen LogP contribution in [0.1, 0.15) is 42.3 Å². The number of aliphatic carboxylic acids is 1. The van der Waals surface area contributed by atoms with Gasteiger partial charge in [-0.15, -0.1) is 0 Å². The van der Waals surface area contributed by atoms with Crippen LogP contribution in [0.5, 0.6) is 5.75 Å². The van der Waals surface area contributed by atoms with Gasteiger partial charge in [0.2, 0.25) is 5.91 Å². The number of carboxylic acids is 1. The highest BCUT2D eigenvalue weighted by molar-refractivity contribution is 6.12. The van der Waals surface area contributed by atoms with E-state index in [4.69, 9.17) is 4.74 Å². The van der Waals surface area contributed by atoms with Gasteiger partial charge in [0, 0.05) is 34.3 Å². The van der Waals surface area contributed by atoms with Gasteiger partial charge in [-0.25, -0.2) is 4.79 Å². The molecule has 0 saturated carbocycles. The van der Waals surface area contributed by atoms with Crippen molar-refractivity contribution >= 4 is 29.0 Å². The molecule has 0 aliphatic rings. The highest BCUT2D eigenvalue weighted by Gasteiger charge is 2.28. The van der Waals surface area contributed by atoms with Crippen LogP contribution in [0.3, 0.4) is 0 Å². The SMILES string of the molecule is CC(C)(C)C(=O)N(CCOc1ccc(CC(Nc2ccccc2C(=O)c2ccccc2)C(=O)O)cc1)c1ccccc1. The number of ether oxygens (including phenoxy) is 1. The second-order valence-corrected chi connectivity index (χ2v) is 11.0. The van der Waals surface area contributed by atoms with Crippen molar-refractivity contribution in [2.45, 2.75) is 33.2 Å². The lowest BCUT2D eigenvalue weighted by molar-refractivity contribution is -0.137. The molecule has 0 aromatic heterocycles. The van der Waals surface area contributed by atoms with E-state index in [1.165, 1.54) is 0 Å². The average Bonchev–Trinajstić information content (AvgIpc) is 2.99. The first-order chi connectivity index (χ1) is 20.1. The van der Waals surface area contributed by atoms with Crippen molar-refractivity contribution in [3.63, 3.8) is 0 Å². The van der Waals surface area contributed by atoms with E-state index < -0.39 is 17.4 Å². The van der Waals surface area contributed by atoms with Crippen molar-refractivity contribution in [3.8, 4) is 5.75 Å². The van der Waals surface area contributed by atoms with Gasteiger partial charge >= 0.3 is 5.97 Å². The average molecular weight is 565 g/mol. The maximum Gasteiger partial charge on any atom is 0.326 e. The van der Waals surface area contributed by atoms with Crippen LogP contribution in [-0.2, 0) is 16.0 Å². The van der Waals surface area contributed by atoms with Crippen LogP contribution < -0.4 is 15.0 Å². The number of nitrogens with one attached hydrogen (secondary N) is 1. The Morgan fingerprint density at radius 2 is 1.40 bits per heavy atom. The van der Waals surface area contributed by atoms with Crippen LogP contribution in [-0.4, -0.2) is 42.0 Å². The van der Waals surface area contributed by atoms with Gasteiger partial charge in [-0.05, 0) is 42.0 Å². The van der Waals surface area contributed by atoms with Gasteiger partial charge in [0.05, 0.1) is 6.54 Å². The molecule has 1 unspecified atom stereocenters. The Labute approximate surface area is 246 Å². The van der Waals surface area contributed by atoms with Crippen LogP contribution >= 0.6 is 0 Å². The van der Waals surface area contributed by atoms with Gasteiger partial charge in [0.1, 0.15) is 18.4 Å². The summed E-state index contributed by atoms with van der Waals surface area (Å²) in [4.78, 5) is 40.1. The molecule has 4 aromatic rings. The van der Waals surface area contributed by atoms with Gasteiger partial charge < -0.3 is 20.1 Å². The predicted molar refractivity (Wildman–Crippen MR) is 165 cm³/mol. The molecular formula is C35H36N2O5. The molecule has 0 radical (unpaired) electrons. The third-order valence-corrected chi connectivity index (χ3v) is 6.74. The number of benzene rings is 4. The number of amides is 1. The zero-order chi connectivity index (χ0) is 30.1. The number of anilines is 2. The Morgan fingerprint density at radius 1 is 0.810 bits per heavy atom. The Balaban J connectivity index is 1.40. The number of ketones is 1. The number of para-hydroxylation sites is 2. The number of hydrogen-bond acceptors (Lipinski definition) is 5. The number of carboxylic acid groups (broad SMARTS) is 1. The van der Waals surface area contributed by atoms with Gasteiger partial charge in [-0.1, -0.05) is 93.6 Å². The van der Waals surface area contributed by atoms with Crippen molar-refractivity contribution in [1.29, 1.82) is 0 Å². The lowest BCUT2D eigenvalue weighted by Gasteiger charge is -2.29. The predicted octanol–water partition coefficient (Wildman–Crippen LogP) is 6.48. The van der Waals surface area contributed by atoms with Crippen LogP contribution in [0.15, 0.2) is 109 Å². The summed E-state index contributed by atoms with van der Waals surface area (Å²) in [7, 11) is 0. The zero-order valence-corrected chi connectivity index (χ0v) is 24.1. The minimum absolute atomic E-state index is 0.00639. The summed E-state index contributed by atoms with van der Waals surface area (Å²) in [6, 6.07) is 31.6. The van der Waals surface area contributed by atoms with Crippen molar-refractivity contribution in [2.24, 2.45) is 5.41 Å². The normalized spacial score (nSPS) is 11.8. The Hall–Kier alpha value is -4.91. The third kappa shape index (κ3) is 7.85. The first kappa shape index (κ1) is 30.1. The van der Waals surface area contributed by atoms with E-state index in [0.717, 1.165) is 11.3 Å². The topological polar surface area (TPSA) is 95.9 Å². The van der Waals surface area contributed by atoms with Gasteiger partial charge in [0.25, 0.3) is 0 Å². The maximum atomic E-state index is 13.1. The molecule has 0 spiro atoms. The molecule has 0 aliphatic heterocycles. The first-order valence-electron chi connectivity index (χ1n) is 13.9. The minimum Gasteiger partial charge on any atom is -0.492 e. The van der Waals surface area contributed by atoms with Crippen LogP contribution in [0.4, 0.5) is 11.4 Å². The van der Waals surface area contributed by atoms with E-state index in [2.05, 4.69) is 5.32 Å². The smallest absolute Gasteiger partial charge is 0.326 e. The van der Waals surface area contributed by atoms with Crippen molar-refractivity contribution < 1.29 is 24.2 Å². The first-order valence-corrected chi connectivity index (χ1v) is 13.9. The van der Waals surface area contributed by atoms with E-state index in [1.807, 2.05) is 69.3 Å². The van der Waals surface area contributed by atoms with Gasteiger partial charge in [0.15, 0.2) is 5.78 Å². The highest BCUT2D eigenvalue weighted by atomic mass is 16.5. The van der Waals surface area contributed by atoms with Crippen LogP contribution in [0.2, 0.25) is 0 Å². The molecule has 4 rings (SSSR count). The summed E-state index contributed by atoms with van der Waals surface area (Å²) in [5, 5.41) is 13.0. The lowest BCUT2D eigenvalue weighted by atomic mass is 9.94. The van der Waals surface area contributed by atoms with Crippen molar-refractivity contribution in [1.82, 2.24) is 0 Å². The molecule has 4 aromatic carbocycles. The molecule has 0 saturated heterocycles. The fraction of sp³-hybridized carbons (Fsp3) is 0.229. The summed E-state index contributed by atoms with van der Waals surface area (Å²) >= 11 is 0. The zero-order valence-electron chi connectivity index (χ0n) is 24.1. The fourth-order valence-corrected chi connectivity index (χ4v) is 4.51. The van der Waals surface area contributed by atoms with Crippen LogP contribution in [0.25, 0.3) is 0 Å². The molecule has 0 aliphatic carbocycles. The molecule has 0 bridgehead atoms. The molecule has 7 nitrogen and oxygen atoms in total. The summed E-state index contributed by atoms with van der Waals surface area (Å²) in [6.07, 6.45) is 0.200. The standard InChI is InChI=1S/C35H36N2O5/c1-35(2,3)34(41)37(27-14-8-5-9-15-27)22-23-42-28-20-18-25(19-21-28)24-31(33(39)40)36-30-17-11-10-16-29(30)32(38)26-12-6-4-7-13-26/h4-21,31,36H,22-24H2,1-3H3,(H,39,40). The molecule has 1 amide bonds. The highest BCUT2D eigenvalue weighted by Crippen LogP contribution is 2.24. The van der Waals surface area contributed by atoms with Gasteiger partial charge in [-0.3, -0.25) is 9.59 Å².